The van der Waals surface area contributed by atoms with Gasteiger partial charge in [-0.1, -0.05) is 24.3 Å². The number of benzene rings is 2. The van der Waals surface area contributed by atoms with Gasteiger partial charge in [-0.3, -0.25) is 4.79 Å². The smallest absolute Gasteiger partial charge is 0.316 e. The van der Waals surface area contributed by atoms with Gasteiger partial charge in [-0.2, -0.15) is 0 Å². The molecule has 0 aliphatic rings. The maximum Gasteiger partial charge on any atom is 0.316 e. The molecule has 126 valence electrons. The second-order valence-electron chi connectivity index (χ2n) is 5.16. The highest BCUT2D eigenvalue weighted by Gasteiger charge is 2.07. The van der Waals surface area contributed by atoms with E-state index in [1.54, 1.807) is 24.3 Å². The highest BCUT2D eigenvalue weighted by Crippen LogP contribution is 2.20. The molecule has 0 spiro atoms. The van der Waals surface area contributed by atoms with E-state index in [2.05, 4.69) is 10.6 Å². The Morgan fingerprint density at radius 3 is 2.46 bits per heavy atom. The van der Waals surface area contributed by atoms with Gasteiger partial charge in [0.25, 0.3) is 0 Å². The molecule has 0 aliphatic heterocycles. The van der Waals surface area contributed by atoms with Crippen molar-refractivity contribution >= 4 is 23.3 Å². The fourth-order valence-electron chi connectivity index (χ4n) is 2.30. The SMILES string of the molecule is CCOc1ccccc1CCC(=O)Nc1cccc(NC(N)=O)c1. The third-order valence-electron chi connectivity index (χ3n) is 3.31. The predicted octanol–water partition coefficient (Wildman–Crippen LogP) is 3.15. The average Bonchev–Trinajstić information content (AvgIpc) is 2.54. The largest absolute Gasteiger partial charge is 0.494 e. The van der Waals surface area contributed by atoms with E-state index in [0.29, 0.717) is 30.8 Å². The summed E-state index contributed by atoms with van der Waals surface area (Å²) in [5, 5.41) is 5.27. The second kappa shape index (κ2) is 8.57. The number of para-hydroxylation sites is 1. The number of nitrogens with one attached hydrogen (secondary N) is 2. The third-order valence-corrected chi connectivity index (χ3v) is 3.31. The van der Waals surface area contributed by atoms with Gasteiger partial charge in [-0.05, 0) is 43.2 Å². The Labute approximate surface area is 141 Å². The van der Waals surface area contributed by atoms with E-state index in [1.165, 1.54) is 0 Å². The Kier molecular flexibility index (Phi) is 6.19. The maximum atomic E-state index is 12.1. The van der Waals surface area contributed by atoms with Crippen molar-refractivity contribution in [3.63, 3.8) is 0 Å². The summed E-state index contributed by atoms with van der Waals surface area (Å²) in [7, 11) is 0. The van der Waals surface area contributed by atoms with E-state index in [4.69, 9.17) is 10.5 Å². The van der Waals surface area contributed by atoms with Gasteiger partial charge in [0.1, 0.15) is 5.75 Å². The molecule has 0 unspecified atom stereocenters. The molecule has 24 heavy (non-hydrogen) atoms. The van der Waals surface area contributed by atoms with E-state index in [0.717, 1.165) is 11.3 Å². The molecular weight excluding hydrogens is 306 g/mol. The first kappa shape index (κ1) is 17.3. The summed E-state index contributed by atoms with van der Waals surface area (Å²) in [6, 6.07) is 13.9. The Bertz CT molecular complexity index is 716. The van der Waals surface area contributed by atoms with Gasteiger partial charge in [0, 0.05) is 17.8 Å². The first-order valence-corrected chi connectivity index (χ1v) is 7.75. The van der Waals surface area contributed by atoms with Crippen molar-refractivity contribution in [1.82, 2.24) is 0 Å². The summed E-state index contributed by atoms with van der Waals surface area (Å²) >= 11 is 0. The van der Waals surface area contributed by atoms with Crippen molar-refractivity contribution < 1.29 is 14.3 Å². The van der Waals surface area contributed by atoms with Crippen LogP contribution in [0.4, 0.5) is 16.2 Å². The van der Waals surface area contributed by atoms with Crippen LogP contribution in [-0.4, -0.2) is 18.5 Å². The highest BCUT2D eigenvalue weighted by molar-refractivity contribution is 5.93. The van der Waals surface area contributed by atoms with Gasteiger partial charge >= 0.3 is 6.03 Å². The number of ether oxygens (including phenoxy) is 1. The molecule has 0 saturated carbocycles. The van der Waals surface area contributed by atoms with Gasteiger partial charge in [-0.15, -0.1) is 0 Å². The minimum absolute atomic E-state index is 0.113. The molecule has 6 nitrogen and oxygen atoms in total. The molecule has 0 aromatic heterocycles. The number of rotatable bonds is 7. The molecule has 3 amide bonds. The fourth-order valence-corrected chi connectivity index (χ4v) is 2.30. The van der Waals surface area contributed by atoms with Crippen LogP contribution in [-0.2, 0) is 11.2 Å². The minimum atomic E-state index is -0.647. The number of primary amides is 1. The zero-order chi connectivity index (χ0) is 17.4. The lowest BCUT2D eigenvalue weighted by Gasteiger charge is -2.10. The van der Waals surface area contributed by atoms with Crippen molar-refractivity contribution in [3.8, 4) is 5.75 Å². The number of carbonyl (C=O) groups is 2. The number of hydrogen-bond acceptors (Lipinski definition) is 3. The molecule has 0 bridgehead atoms. The van der Waals surface area contributed by atoms with Crippen LogP contribution in [0.3, 0.4) is 0 Å². The van der Waals surface area contributed by atoms with Crippen LogP contribution in [0.5, 0.6) is 5.75 Å². The number of nitrogens with two attached hydrogens (primary N) is 1. The molecule has 0 atom stereocenters. The summed E-state index contributed by atoms with van der Waals surface area (Å²) in [5.74, 6) is 0.693. The molecule has 2 aromatic rings. The van der Waals surface area contributed by atoms with Crippen LogP contribution in [0.1, 0.15) is 18.9 Å². The van der Waals surface area contributed by atoms with Crippen LogP contribution in [0.2, 0.25) is 0 Å². The quantitative estimate of drug-likeness (QED) is 0.729. The summed E-state index contributed by atoms with van der Waals surface area (Å²) in [6.07, 6.45) is 0.915. The number of aryl methyl sites for hydroxylation is 1. The molecular formula is C18H21N3O3. The van der Waals surface area contributed by atoms with E-state index < -0.39 is 6.03 Å². The molecule has 6 heteroatoms. The number of hydrogen-bond donors (Lipinski definition) is 3. The predicted molar refractivity (Wildman–Crippen MR) is 94.2 cm³/mol. The molecule has 0 heterocycles. The molecule has 0 aliphatic carbocycles. The number of anilines is 2. The molecule has 2 rings (SSSR count). The van der Waals surface area contributed by atoms with E-state index in [1.807, 2.05) is 31.2 Å². The Morgan fingerprint density at radius 1 is 1.04 bits per heavy atom. The van der Waals surface area contributed by atoms with Gasteiger partial charge in [-0.25, -0.2) is 4.79 Å². The van der Waals surface area contributed by atoms with Crippen LogP contribution >= 0.6 is 0 Å². The lowest BCUT2D eigenvalue weighted by molar-refractivity contribution is -0.116. The van der Waals surface area contributed by atoms with Gasteiger partial charge in [0.2, 0.25) is 5.91 Å². The molecule has 2 aromatic carbocycles. The molecule has 0 saturated heterocycles. The maximum absolute atomic E-state index is 12.1. The lowest BCUT2D eigenvalue weighted by Crippen LogP contribution is -2.19. The summed E-state index contributed by atoms with van der Waals surface area (Å²) < 4.78 is 5.56. The van der Waals surface area contributed by atoms with E-state index in [9.17, 15) is 9.59 Å². The molecule has 0 radical (unpaired) electrons. The summed E-state index contributed by atoms with van der Waals surface area (Å²) in [4.78, 5) is 23.0. The Morgan fingerprint density at radius 2 is 1.75 bits per heavy atom. The first-order chi connectivity index (χ1) is 11.6. The Balaban J connectivity index is 1.93. The minimum Gasteiger partial charge on any atom is -0.494 e. The zero-order valence-electron chi connectivity index (χ0n) is 13.5. The monoisotopic (exact) mass is 327 g/mol. The number of amides is 3. The van der Waals surface area contributed by atoms with Gasteiger partial charge in [0.05, 0.1) is 6.61 Å². The van der Waals surface area contributed by atoms with E-state index in [-0.39, 0.29) is 5.91 Å². The normalized spacial score (nSPS) is 10.0. The van der Waals surface area contributed by atoms with Crippen molar-refractivity contribution in [2.45, 2.75) is 19.8 Å². The van der Waals surface area contributed by atoms with Crippen molar-refractivity contribution in [2.24, 2.45) is 5.73 Å². The topological polar surface area (TPSA) is 93.4 Å². The standard InChI is InChI=1S/C18H21N3O3/c1-2-24-16-9-4-3-6-13(16)10-11-17(22)20-14-7-5-8-15(12-14)21-18(19)23/h3-9,12H,2,10-11H2,1H3,(H,20,22)(H3,19,21,23). The Hall–Kier alpha value is -3.02. The number of carbonyl (C=O) groups excluding carboxylic acids is 2. The lowest BCUT2D eigenvalue weighted by atomic mass is 10.1. The van der Waals surface area contributed by atoms with E-state index >= 15 is 0 Å². The summed E-state index contributed by atoms with van der Waals surface area (Å²) in [6.45, 7) is 2.51. The van der Waals surface area contributed by atoms with Gasteiger partial charge < -0.3 is 21.1 Å². The second-order valence-corrected chi connectivity index (χ2v) is 5.16. The van der Waals surface area contributed by atoms with Crippen molar-refractivity contribution in [2.75, 3.05) is 17.2 Å². The zero-order valence-corrected chi connectivity index (χ0v) is 13.5. The summed E-state index contributed by atoms with van der Waals surface area (Å²) in [5.41, 5.74) is 7.21. The first-order valence-electron chi connectivity index (χ1n) is 7.75. The molecule has 0 fully saturated rings. The average molecular weight is 327 g/mol. The van der Waals surface area contributed by atoms with Crippen molar-refractivity contribution in [1.29, 1.82) is 0 Å². The van der Waals surface area contributed by atoms with Crippen LogP contribution in [0.25, 0.3) is 0 Å². The van der Waals surface area contributed by atoms with Crippen LogP contribution in [0.15, 0.2) is 48.5 Å². The van der Waals surface area contributed by atoms with Crippen LogP contribution in [0, 0.1) is 0 Å². The number of urea groups is 1. The van der Waals surface area contributed by atoms with Crippen molar-refractivity contribution in [3.05, 3.63) is 54.1 Å². The third kappa shape index (κ3) is 5.31. The highest BCUT2D eigenvalue weighted by atomic mass is 16.5. The fraction of sp³-hybridized carbons (Fsp3) is 0.222. The molecule has 4 N–H and O–H groups in total. The van der Waals surface area contributed by atoms with Crippen LogP contribution < -0.4 is 21.1 Å². The van der Waals surface area contributed by atoms with Gasteiger partial charge in [0.15, 0.2) is 0 Å².